The van der Waals surface area contributed by atoms with Crippen LogP contribution in [0.5, 0.6) is 0 Å². The molecule has 1 saturated heterocycles. The number of carbonyl (C=O) groups is 2. The van der Waals surface area contributed by atoms with Gasteiger partial charge in [0.15, 0.2) is 0 Å². The fourth-order valence-electron chi connectivity index (χ4n) is 3.23. The first-order valence-electron chi connectivity index (χ1n) is 9.78. The molecule has 1 aliphatic heterocycles. The maximum absolute atomic E-state index is 13.1. The zero-order valence-corrected chi connectivity index (χ0v) is 17.4. The molecule has 1 N–H and O–H groups in total. The highest BCUT2D eigenvalue weighted by atomic mass is 32.2. The van der Waals surface area contributed by atoms with Crippen LogP contribution in [0.3, 0.4) is 0 Å². The van der Waals surface area contributed by atoms with E-state index in [-0.39, 0.29) is 11.8 Å². The molecular weight excluding hydrogens is 400 g/mol. The number of benzene rings is 2. The quantitative estimate of drug-likeness (QED) is 0.580. The molecule has 2 heterocycles. The lowest BCUT2D eigenvalue weighted by Gasteiger charge is -2.15. The van der Waals surface area contributed by atoms with E-state index in [0.29, 0.717) is 30.6 Å². The lowest BCUT2D eigenvalue weighted by atomic mass is 10.1. The minimum Gasteiger partial charge on any atom is -0.414 e. The second-order valence-electron chi connectivity index (χ2n) is 7.14. The number of rotatable bonds is 7. The Balaban J connectivity index is 1.50. The monoisotopic (exact) mass is 422 g/mol. The molecule has 0 spiro atoms. The van der Waals surface area contributed by atoms with Crippen LogP contribution in [0.1, 0.15) is 35.1 Å². The minimum absolute atomic E-state index is 0.0991. The zero-order chi connectivity index (χ0) is 20.9. The number of amides is 2. The standard InChI is InChI=1S/C22H22N4O3S/c1-15-9-11-17(12-10-15)23-21(28)20(16-6-3-2-4-7-16)30-22-25-24-18(29-22)14-26-13-5-8-19(26)27/h2-4,6-7,9-12,20H,5,8,13-14H2,1H3,(H,23,28). The van der Waals surface area contributed by atoms with Gasteiger partial charge in [0.25, 0.3) is 5.22 Å². The topological polar surface area (TPSA) is 88.3 Å². The van der Waals surface area contributed by atoms with E-state index in [2.05, 4.69) is 15.5 Å². The van der Waals surface area contributed by atoms with Gasteiger partial charge in [-0.05, 0) is 42.8 Å². The summed E-state index contributed by atoms with van der Waals surface area (Å²) in [5, 5.41) is 10.8. The van der Waals surface area contributed by atoms with Gasteiger partial charge in [0.1, 0.15) is 5.25 Å². The average molecular weight is 423 g/mol. The van der Waals surface area contributed by atoms with Crippen LogP contribution in [0, 0.1) is 6.92 Å². The van der Waals surface area contributed by atoms with E-state index in [9.17, 15) is 9.59 Å². The number of thioether (sulfide) groups is 1. The lowest BCUT2D eigenvalue weighted by Crippen LogP contribution is -2.23. The fourth-order valence-corrected chi connectivity index (χ4v) is 4.12. The Bertz CT molecular complexity index is 1020. The molecule has 7 nitrogen and oxygen atoms in total. The van der Waals surface area contributed by atoms with Crippen molar-refractivity contribution in [3.63, 3.8) is 0 Å². The maximum Gasteiger partial charge on any atom is 0.277 e. The van der Waals surface area contributed by atoms with Crippen molar-refractivity contribution in [1.82, 2.24) is 15.1 Å². The third-order valence-electron chi connectivity index (χ3n) is 4.82. The number of aromatic nitrogens is 2. The predicted octanol–water partition coefficient (Wildman–Crippen LogP) is 3.97. The summed E-state index contributed by atoms with van der Waals surface area (Å²) in [6.45, 7) is 3.00. The number of likely N-dealkylation sites (tertiary alicyclic amines) is 1. The van der Waals surface area contributed by atoms with E-state index in [4.69, 9.17) is 4.42 Å². The van der Waals surface area contributed by atoms with E-state index in [1.165, 1.54) is 11.8 Å². The van der Waals surface area contributed by atoms with Crippen molar-refractivity contribution in [3.8, 4) is 0 Å². The number of hydrogen-bond acceptors (Lipinski definition) is 6. The number of nitrogens with one attached hydrogen (secondary N) is 1. The first-order chi connectivity index (χ1) is 14.6. The molecule has 154 valence electrons. The van der Waals surface area contributed by atoms with Gasteiger partial charge in [-0.1, -0.05) is 48.0 Å². The van der Waals surface area contributed by atoms with Gasteiger partial charge in [0.2, 0.25) is 17.7 Å². The SMILES string of the molecule is Cc1ccc(NC(=O)C(Sc2nnc(CN3CCCC3=O)o2)c2ccccc2)cc1. The Morgan fingerprint density at radius 1 is 1.17 bits per heavy atom. The Labute approximate surface area is 178 Å². The molecule has 2 amide bonds. The van der Waals surface area contributed by atoms with Crippen molar-refractivity contribution in [2.75, 3.05) is 11.9 Å². The third-order valence-corrected chi connectivity index (χ3v) is 5.91. The summed E-state index contributed by atoms with van der Waals surface area (Å²) in [7, 11) is 0. The van der Waals surface area contributed by atoms with Gasteiger partial charge >= 0.3 is 0 Å². The number of aryl methyl sites for hydroxylation is 1. The van der Waals surface area contributed by atoms with Crippen molar-refractivity contribution in [1.29, 1.82) is 0 Å². The highest BCUT2D eigenvalue weighted by Crippen LogP contribution is 2.35. The number of hydrogen-bond donors (Lipinski definition) is 1. The van der Waals surface area contributed by atoms with Gasteiger partial charge in [0, 0.05) is 18.7 Å². The summed E-state index contributed by atoms with van der Waals surface area (Å²) in [5.74, 6) is 0.296. The molecule has 1 unspecified atom stereocenters. The number of carbonyl (C=O) groups excluding carboxylic acids is 2. The number of nitrogens with zero attached hydrogens (tertiary/aromatic N) is 3. The smallest absolute Gasteiger partial charge is 0.277 e. The van der Waals surface area contributed by atoms with Gasteiger partial charge < -0.3 is 14.6 Å². The molecule has 1 aliphatic rings. The van der Waals surface area contributed by atoms with Crippen molar-refractivity contribution in [3.05, 3.63) is 71.6 Å². The summed E-state index contributed by atoms with van der Waals surface area (Å²) in [6.07, 6.45) is 1.41. The highest BCUT2D eigenvalue weighted by Gasteiger charge is 2.26. The molecule has 3 aromatic rings. The molecule has 1 atom stereocenters. The summed E-state index contributed by atoms with van der Waals surface area (Å²) >= 11 is 1.20. The molecule has 30 heavy (non-hydrogen) atoms. The minimum atomic E-state index is -0.561. The van der Waals surface area contributed by atoms with E-state index in [0.717, 1.165) is 23.2 Å². The van der Waals surface area contributed by atoms with Crippen LogP contribution < -0.4 is 5.32 Å². The lowest BCUT2D eigenvalue weighted by molar-refractivity contribution is -0.128. The van der Waals surface area contributed by atoms with E-state index < -0.39 is 5.25 Å². The molecule has 1 fully saturated rings. The predicted molar refractivity (Wildman–Crippen MR) is 114 cm³/mol. The van der Waals surface area contributed by atoms with Crippen LogP contribution in [0.15, 0.2) is 64.2 Å². The van der Waals surface area contributed by atoms with Crippen LogP contribution in [-0.4, -0.2) is 33.5 Å². The Kier molecular flexibility index (Phi) is 6.13. The molecule has 0 aliphatic carbocycles. The van der Waals surface area contributed by atoms with E-state index in [1.54, 1.807) is 4.90 Å². The van der Waals surface area contributed by atoms with Crippen LogP contribution in [0.4, 0.5) is 5.69 Å². The van der Waals surface area contributed by atoms with E-state index in [1.807, 2.05) is 61.5 Å². The highest BCUT2D eigenvalue weighted by molar-refractivity contribution is 8.00. The van der Waals surface area contributed by atoms with Gasteiger partial charge in [-0.15, -0.1) is 10.2 Å². The van der Waals surface area contributed by atoms with Crippen molar-refractivity contribution in [2.24, 2.45) is 0 Å². The van der Waals surface area contributed by atoms with Gasteiger partial charge in [-0.2, -0.15) is 0 Å². The van der Waals surface area contributed by atoms with Crippen molar-refractivity contribution >= 4 is 29.3 Å². The largest absolute Gasteiger partial charge is 0.414 e. The first kappa shape index (κ1) is 20.2. The molecule has 8 heteroatoms. The fraction of sp³-hybridized carbons (Fsp3) is 0.273. The Hall–Kier alpha value is -3.13. The third kappa shape index (κ3) is 4.88. The molecule has 4 rings (SSSR count). The van der Waals surface area contributed by atoms with Crippen LogP contribution in [-0.2, 0) is 16.1 Å². The molecule has 0 saturated carbocycles. The van der Waals surface area contributed by atoms with Crippen molar-refractivity contribution in [2.45, 2.75) is 36.8 Å². The molecule has 1 aromatic heterocycles. The Morgan fingerprint density at radius 3 is 2.63 bits per heavy atom. The molecule has 0 bridgehead atoms. The zero-order valence-electron chi connectivity index (χ0n) is 16.6. The van der Waals surface area contributed by atoms with Gasteiger partial charge in [-0.25, -0.2) is 0 Å². The summed E-state index contributed by atoms with van der Waals surface area (Å²) < 4.78 is 5.73. The second-order valence-corrected chi connectivity index (χ2v) is 8.20. The molecular formula is C22H22N4O3S. The van der Waals surface area contributed by atoms with Crippen LogP contribution in [0.2, 0.25) is 0 Å². The second kappa shape index (κ2) is 9.13. The normalized spacial score (nSPS) is 14.7. The molecule has 0 radical (unpaired) electrons. The van der Waals surface area contributed by atoms with Gasteiger partial charge in [-0.3, -0.25) is 9.59 Å². The summed E-state index contributed by atoms with van der Waals surface area (Å²) in [6, 6.07) is 17.1. The first-order valence-corrected chi connectivity index (χ1v) is 10.7. The van der Waals surface area contributed by atoms with Crippen LogP contribution >= 0.6 is 11.8 Å². The average Bonchev–Trinajstić information content (AvgIpc) is 3.37. The van der Waals surface area contributed by atoms with Gasteiger partial charge in [0.05, 0.1) is 6.54 Å². The summed E-state index contributed by atoms with van der Waals surface area (Å²) in [4.78, 5) is 26.6. The van der Waals surface area contributed by atoms with Crippen LogP contribution in [0.25, 0.3) is 0 Å². The van der Waals surface area contributed by atoms with Crippen molar-refractivity contribution < 1.29 is 14.0 Å². The number of anilines is 1. The summed E-state index contributed by atoms with van der Waals surface area (Å²) in [5.41, 5.74) is 2.68. The molecule has 2 aromatic carbocycles. The maximum atomic E-state index is 13.1. The van der Waals surface area contributed by atoms with E-state index >= 15 is 0 Å². The Morgan fingerprint density at radius 2 is 1.93 bits per heavy atom.